The lowest BCUT2D eigenvalue weighted by Gasteiger charge is -2.09. The van der Waals surface area contributed by atoms with Crippen molar-refractivity contribution in [3.05, 3.63) is 24.5 Å². The van der Waals surface area contributed by atoms with E-state index in [1.165, 1.54) is 12.2 Å². The van der Waals surface area contributed by atoms with Crippen molar-refractivity contribution in [2.45, 2.75) is 6.42 Å². The average Bonchev–Trinajstić information content (AvgIpc) is 1.88. The third kappa shape index (κ3) is 1.42. The molecule has 0 fully saturated rings. The summed E-state index contributed by atoms with van der Waals surface area (Å²) in [6.07, 6.45) is 3.50. The zero-order chi connectivity index (χ0) is 6.69. The molecule has 1 aliphatic heterocycles. The number of carbonyl (C=O) groups is 1. The summed E-state index contributed by atoms with van der Waals surface area (Å²) in [6.45, 7) is 3.97. The van der Waals surface area contributed by atoms with Crippen molar-refractivity contribution in [2.24, 2.45) is 0 Å². The Morgan fingerprint density at radius 1 is 1.78 bits per heavy atom. The summed E-state index contributed by atoms with van der Waals surface area (Å²) in [5, 5.41) is 0. The summed E-state index contributed by atoms with van der Waals surface area (Å²) in [6, 6.07) is 0. The normalized spacial score (nSPS) is 18.2. The van der Waals surface area contributed by atoms with Crippen LogP contribution < -0.4 is 0 Å². The molecule has 0 atom stereocenters. The second-order valence-corrected chi connectivity index (χ2v) is 1.82. The van der Waals surface area contributed by atoms with Gasteiger partial charge in [-0.3, -0.25) is 4.79 Å². The van der Waals surface area contributed by atoms with E-state index in [0.29, 0.717) is 18.8 Å². The van der Waals surface area contributed by atoms with Crippen LogP contribution in [-0.4, -0.2) is 12.4 Å². The number of hydrogen-bond acceptors (Lipinski definition) is 2. The lowest BCUT2D eigenvalue weighted by Crippen LogP contribution is -2.08. The molecule has 48 valence electrons. The van der Waals surface area contributed by atoms with Crippen molar-refractivity contribution in [3.8, 4) is 0 Å². The molecule has 0 aromatic carbocycles. The first kappa shape index (κ1) is 6.08. The van der Waals surface area contributed by atoms with Crippen LogP contribution >= 0.6 is 0 Å². The van der Waals surface area contributed by atoms with Crippen molar-refractivity contribution < 1.29 is 9.53 Å². The Morgan fingerprint density at radius 2 is 2.56 bits per heavy atom. The van der Waals surface area contributed by atoms with Crippen LogP contribution in [0.4, 0.5) is 0 Å². The quantitative estimate of drug-likeness (QED) is 0.522. The van der Waals surface area contributed by atoms with E-state index in [1.807, 2.05) is 0 Å². The molecule has 0 aromatic rings. The molecule has 0 saturated carbocycles. The third-order valence-electron chi connectivity index (χ3n) is 1.12. The molecule has 0 bridgehead atoms. The number of allylic oxidation sites excluding steroid dienone is 2. The van der Waals surface area contributed by atoms with Gasteiger partial charge in [-0.15, -0.1) is 0 Å². The molecule has 0 radical (unpaired) electrons. The maximum Gasteiger partial charge on any atom is 0.162 e. The van der Waals surface area contributed by atoms with Crippen molar-refractivity contribution in [1.82, 2.24) is 0 Å². The van der Waals surface area contributed by atoms with Crippen LogP contribution in [0.15, 0.2) is 24.5 Å². The van der Waals surface area contributed by atoms with Gasteiger partial charge in [-0.2, -0.15) is 0 Å². The van der Waals surface area contributed by atoms with E-state index in [1.54, 1.807) is 0 Å². The first-order valence-electron chi connectivity index (χ1n) is 2.82. The molecule has 1 aliphatic rings. The minimum absolute atomic E-state index is 0.121. The number of carbonyl (C=O) groups excluding carboxylic acids is 1. The van der Waals surface area contributed by atoms with Crippen molar-refractivity contribution in [2.75, 3.05) is 6.61 Å². The molecule has 0 amide bonds. The molecule has 1 rings (SSSR count). The van der Waals surface area contributed by atoms with Gasteiger partial charge in [-0.25, -0.2) is 0 Å². The Morgan fingerprint density at radius 3 is 3.00 bits per heavy atom. The van der Waals surface area contributed by atoms with E-state index in [-0.39, 0.29) is 5.78 Å². The Balaban J connectivity index is 2.70. The molecule has 0 unspecified atom stereocenters. The molecule has 2 heteroatoms. The van der Waals surface area contributed by atoms with Crippen LogP contribution in [-0.2, 0) is 9.53 Å². The van der Waals surface area contributed by atoms with Gasteiger partial charge in [0, 0.05) is 12.5 Å². The first-order valence-corrected chi connectivity index (χ1v) is 2.82. The van der Waals surface area contributed by atoms with Crippen molar-refractivity contribution >= 4 is 5.78 Å². The smallest absolute Gasteiger partial charge is 0.162 e. The van der Waals surface area contributed by atoms with E-state index in [4.69, 9.17) is 4.74 Å². The highest BCUT2D eigenvalue weighted by Gasteiger charge is 2.06. The molecule has 1 heterocycles. The molecule has 9 heavy (non-hydrogen) atoms. The van der Waals surface area contributed by atoms with Gasteiger partial charge in [0.15, 0.2) is 5.78 Å². The molecular weight excluding hydrogens is 116 g/mol. The Kier molecular flexibility index (Phi) is 1.68. The number of ketones is 1. The summed E-state index contributed by atoms with van der Waals surface area (Å²) >= 11 is 0. The minimum atomic E-state index is 0.121. The molecular formula is C7H8O2. The minimum Gasteiger partial charge on any atom is -0.493 e. The highest BCUT2D eigenvalue weighted by atomic mass is 16.5. The molecule has 0 saturated heterocycles. The van der Waals surface area contributed by atoms with Crippen LogP contribution in [0.1, 0.15) is 6.42 Å². The first-order chi connectivity index (χ1) is 4.33. The van der Waals surface area contributed by atoms with Gasteiger partial charge in [0.25, 0.3) is 0 Å². The largest absolute Gasteiger partial charge is 0.493 e. The van der Waals surface area contributed by atoms with Gasteiger partial charge in [-0.05, 0) is 6.08 Å². The zero-order valence-electron chi connectivity index (χ0n) is 5.09. The van der Waals surface area contributed by atoms with Crippen molar-refractivity contribution in [1.29, 1.82) is 0 Å². The van der Waals surface area contributed by atoms with Gasteiger partial charge in [0.2, 0.25) is 0 Å². The van der Waals surface area contributed by atoms with Gasteiger partial charge >= 0.3 is 0 Å². The van der Waals surface area contributed by atoms with Gasteiger partial charge in [0.1, 0.15) is 5.76 Å². The fourth-order valence-electron chi connectivity index (χ4n) is 0.660. The Labute approximate surface area is 53.8 Å². The summed E-state index contributed by atoms with van der Waals surface area (Å²) in [5.74, 6) is 0.711. The highest BCUT2D eigenvalue weighted by molar-refractivity contribution is 5.91. The third-order valence-corrected chi connectivity index (χ3v) is 1.12. The van der Waals surface area contributed by atoms with Crippen molar-refractivity contribution in [3.63, 3.8) is 0 Å². The van der Waals surface area contributed by atoms with Gasteiger partial charge in [-0.1, -0.05) is 6.58 Å². The van der Waals surface area contributed by atoms with E-state index in [9.17, 15) is 4.79 Å². The van der Waals surface area contributed by atoms with Crippen LogP contribution in [0.2, 0.25) is 0 Å². The van der Waals surface area contributed by atoms with Crippen LogP contribution in [0.25, 0.3) is 0 Å². The topological polar surface area (TPSA) is 26.3 Å². The van der Waals surface area contributed by atoms with Crippen LogP contribution in [0.3, 0.4) is 0 Å². The summed E-state index contributed by atoms with van der Waals surface area (Å²) < 4.78 is 5.02. The molecule has 0 spiro atoms. The lowest BCUT2D eigenvalue weighted by atomic mass is 10.2. The Hall–Kier alpha value is -1.05. The van der Waals surface area contributed by atoms with E-state index in [2.05, 4.69) is 6.58 Å². The second kappa shape index (κ2) is 2.49. The summed E-state index contributed by atoms with van der Waals surface area (Å²) in [4.78, 5) is 10.6. The predicted molar refractivity (Wildman–Crippen MR) is 33.9 cm³/mol. The fraction of sp³-hybridized carbons (Fsp3) is 0.286. The standard InChI is InChI=1S/C7H8O2/c1-2-7-5-6(8)3-4-9-7/h2,5H,1,3-4H2. The average molecular weight is 124 g/mol. The SMILES string of the molecule is C=CC1=CC(=O)CCO1. The maximum atomic E-state index is 10.6. The summed E-state index contributed by atoms with van der Waals surface area (Å²) in [7, 11) is 0. The monoisotopic (exact) mass is 124 g/mol. The molecule has 0 N–H and O–H groups in total. The number of hydrogen-bond donors (Lipinski definition) is 0. The van der Waals surface area contributed by atoms with Gasteiger partial charge < -0.3 is 4.74 Å². The highest BCUT2D eigenvalue weighted by Crippen LogP contribution is 2.06. The number of ether oxygens (including phenoxy) is 1. The molecule has 0 aliphatic carbocycles. The van der Waals surface area contributed by atoms with Crippen LogP contribution in [0, 0.1) is 0 Å². The predicted octanol–water partition coefficient (Wildman–Crippen LogP) is 1.05. The van der Waals surface area contributed by atoms with E-state index in [0.717, 1.165) is 0 Å². The summed E-state index contributed by atoms with van der Waals surface area (Å²) in [5.41, 5.74) is 0. The lowest BCUT2D eigenvalue weighted by molar-refractivity contribution is -0.116. The fourth-order valence-corrected chi connectivity index (χ4v) is 0.660. The second-order valence-electron chi connectivity index (χ2n) is 1.82. The van der Waals surface area contributed by atoms with Gasteiger partial charge in [0.05, 0.1) is 6.61 Å². The Bertz CT molecular complexity index is 168. The van der Waals surface area contributed by atoms with E-state index < -0.39 is 0 Å². The maximum absolute atomic E-state index is 10.6. The zero-order valence-corrected chi connectivity index (χ0v) is 5.09. The number of rotatable bonds is 1. The molecule has 0 aromatic heterocycles. The van der Waals surface area contributed by atoms with E-state index >= 15 is 0 Å². The van der Waals surface area contributed by atoms with Crippen LogP contribution in [0.5, 0.6) is 0 Å². The molecule has 2 nitrogen and oxygen atoms in total.